The number of hydrogen-bond donors (Lipinski definition) is 2. The summed E-state index contributed by atoms with van der Waals surface area (Å²) in [5.41, 5.74) is 1.34. The van der Waals surface area contributed by atoms with Crippen LogP contribution in [-0.4, -0.2) is 11.8 Å². The molecule has 0 bridgehead atoms. The topological polar surface area (TPSA) is 58.2 Å². The van der Waals surface area contributed by atoms with Gasteiger partial charge < -0.3 is 10.6 Å². The third kappa shape index (κ3) is 7.16. The van der Waals surface area contributed by atoms with E-state index in [0.717, 1.165) is 0 Å². The molecule has 0 aromatic heterocycles. The van der Waals surface area contributed by atoms with Gasteiger partial charge in [0.2, 0.25) is 11.8 Å². The van der Waals surface area contributed by atoms with Gasteiger partial charge in [0.1, 0.15) is 0 Å². The Morgan fingerprint density at radius 1 is 0.920 bits per heavy atom. The molecule has 2 rings (SSSR count). The van der Waals surface area contributed by atoms with Crippen LogP contribution < -0.4 is 10.6 Å². The Labute approximate surface area is 157 Å². The lowest BCUT2D eigenvalue weighted by Gasteiger charge is -2.12. The number of carbonyl (C=O) groups is 2. The Bertz CT molecular complexity index is 750. The normalized spacial score (nSPS) is 11.6. The van der Waals surface area contributed by atoms with E-state index in [-0.39, 0.29) is 17.7 Å². The fraction of sp³-hybridized carbons (Fsp3) is 0.263. The maximum atomic E-state index is 12.0. The maximum Gasteiger partial charge on any atom is 0.224 e. The first-order chi connectivity index (χ1) is 11.9. The minimum Gasteiger partial charge on any atom is -0.326 e. The van der Waals surface area contributed by atoms with Gasteiger partial charge in [0, 0.05) is 34.3 Å². The summed E-state index contributed by atoms with van der Waals surface area (Å²) in [4.78, 5) is 24.0. The molecule has 0 saturated carbocycles. The Kier molecular flexibility index (Phi) is 7.29. The van der Waals surface area contributed by atoms with Gasteiger partial charge in [0.25, 0.3) is 0 Å². The van der Waals surface area contributed by atoms with Crippen LogP contribution in [-0.2, 0) is 9.59 Å². The summed E-state index contributed by atoms with van der Waals surface area (Å²) >= 11 is 11.8. The SMILES string of the molecule is CC(CCC(=O)Nc1cccc(Cl)c1)CC(=O)Nc1cccc(Cl)c1. The van der Waals surface area contributed by atoms with E-state index in [9.17, 15) is 9.59 Å². The molecular weight excluding hydrogens is 359 g/mol. The van der Waals surface area contributed by atoms with Gasteiger partial charge in [-0.25, -0.2) is 0 Å². The molecule has 2 aromatic carbocycles. The fourth-order valence-electron chi connectivity index (χ4n) is 2.36. The van der Waals surface area contributed by atoms with E-state index in [1.54, 1.807) is 48.5 Å². The highest BCUT2D eigenvalue weighted by Gasteiger charge is 2.12. The molecule has 0 aliphatic heterocycles. The lowest BCUT2D eigenvalue weighted by Crippen LogP contribution is -2.17. The number of benzene rings is 2. The Morgan fingerprint density at radius 2 is 1.44 bits per heavy atom. The van der Waals surface area contributed by atoms with Gasteiger partial charge in [-0.15, -0.1) is 0 Å². The molecule has 6 heteroatoms. The van der Waals surface area contributed by atoms with Crippen LogP contribution in [0.25, 0.3) is 0 Å². The maximum absolute atomic E-state index is 12.0. The number of carbonyl (C=O) groups excluding carboxylic acids is 2. The molecule has 25 heavy (non-hydrogen) atoms. The van der Waals surface area contributed by atoms with Crippen LogP contribution >= 0.6 is 23.2 Å². The Hall–Kier alpha value is -2.04. The number of hydrogen-bond acceptors (Lipinski definition) is 2. The monoisotopic (exact) mass is 378 g/mol. The molecule has 132 valence electrons. The molecule has 4 nitrogen and oxygen atoms in total. The Morgan fingerprint density at radius 3 is 1.96 bits per heavy atom. The molecule has 1 unspecified atom stereocenters. The second-order valence-electron chi connectivity index (χ2n) is 5.97. The quantitative estimate of drug-likeness (QED) is 0.679. The number of anilines is 2. The van der Waals surface area contributed by atoms with E-state index in [4.69, 9.17) is 23.2 Å². The third-order valence-electron chi connectivity index (χ3n) is 3.61. The van der Waals surface area contributed by atoms with Crippen molar-refractivity contribution in [2.24, 2.45) is 5.92 Å². The summed E-state index contributed by atoms with van der Waals surface area (Å²) in [5.74, 6) is -0.0984. The number of rotatable bonds is 7. The first-order valence-electron chi connectivity index (χ1n) is 8.03. The van der Waals surface area contributed by atoms with Crippen LogP contribution in [0.2, 0.25) is 10.0 Å². The van der Waals surface area contributed by atoms with Crippen molar-refractivity contribution in [2.75, 3.05) is 10.6 Å². The molecule has 2 aromatic rings. The number of halogens is 2. The van der Waals surface area contributed by atoms with Crippen molar-refractivity contribution in [3.05, 3.63) is 58.6 Å². The van der Waals surface area contributed by atoms with Crippen LogP contribution in [0.1, 0.15) is 26.2 Å². The molecule has 2 amide bonds. The number of nitrogens with one attached hydrogen (secondary N) is 2. The highest BCUT2D eigenvalue weighted by molar-refractivity contribution is 6.31. The summed E-state index contributed by atoms with van der Waals surface area (Å²) in [6, 6.07) is 14.0. The second kappa shape index (κ2) is 9.44. The summed E-state index contributed by atoms with van der Waals surface area (Å²) in [6.45, 7) is 1.95. The van der Waals surface area contributed by atoms with Crippen LogP contribution in [0.3, 0.4) is 0 Å². The van der Waals surface area contributed by atoms with Gasteiger partial charge in [0.15, 0.2) is 0 Å². The van der Waals surface area contributed by atoms with Gasteiger partial charge >= 0.3 is 0 Å². The smallest absolute Gasteiger partial charge is 0.224 e. The minimum atomic E-state index is -0.0932. The highest BCUT2D eigenvalue weighted by atomic mass is 35.5. The van der Waals surface area contributed by atoms with Gasteiger partial charge in [-0.3, -0.25) is 9.59 Å². The van der Waals surface area contributed by atoms with Crippen molar-refractivity contribution in [1.82, 2.24) is 0 Å². The molecule has 1 atom stereocenters. The summed E-state index contributed by atoms with van der Waals surface area (Å²) in [7, 11) is 0. The lowest BCUT2D eigenvalue weighted by atomic mass is 10.0. The van der Waals surface area contributed by atoms with Gasteiger partial charge in [0.05, 0.1) is 0 Å². The van der Waals surface area contributed by atoms with Crippen molar-refractivity contribution in [3.8, 4) is 0 Å². The lowest BCUT2D eigenvalue weighted by molar-refractivity contribution is -0.118. The van der Waals surface area contributed by atoms with Crippen LogP contribution in [0.5, 0.6) is 0 Å². The number of amides is 2. The predicted molar refractivity (Wildman–Crippen MR) is 103 cm³/mol. The van der Waals surface area contributed by atoms with E-state index < -0.39 is 0 Å². The fourth-order valence-corrected chi connectivity index (χ4v) is 2.74. The zero-order chi connectivity index (χ0) is 18.2. The molecule has 0 radical (unpaired) electrons. The molecule has 0 aliphatic carbocycles. The van der Waals surface area contributed by atoms with E-state index in [1.165, 1.54) is 0 Å². The molecular formula is C19H20Cl2N2O2. The van der Waals surface area contributed by atoms with Gasteiger partial charge in [-0.05, 0) is 48.7 Å². The van der Waals surface area contributed by atoms with E-state index in [0.29, 0.717) is 40.7 Å². The first kappa shape index (κ1) is 19.3. The summed E-state index contributed by atoms with van der Waals surface area (Å²) < 4.78 is 0. The molecule has 0 heterocycles. The highest BCUT2D eigenvalue weighted by Crippen LogP contribution is 2.18. The van der Waals surface area contributed by atoms with E-state index in [2.05, 4.69) is 10.6 Å². The average molecular weight is 379 g/mol. The standard InChI is InChI=1S/C19H20Cl2N2O2/c1-13(10-19(25)23-17-7-3-5-15(21)12-17)8-9-18(24)22-16-6-2-4-14(20)11-16/h2-7,11-13H,8-10H2,1H3,(H,22,24)(H,23,25). The zero-order valence-corrected chi connectivity index (χ0v) is 15.4. The largest absolute Gasteiger partial charge is 0.326 e. The molecule has 0 fully saturated rings. The first-order valence-corrected chi connectivity index (χ1v) is 8.79. The van der Waals surface area contributed by atoms with Crippen molar-refractivity contribution in [3.63, 3.8) is 0 Å². The van der Waals surface area contributed by atoms with E-state index >= 15 is 0 Å². The van der Waals surface area contributed by atoms with Gasteiger partial charge in [-0.1, -0.05) is 42.3 Å². The van der Waals surface area contributed by atoms with Crippen molar-refractivity contribution < 1.29 is 9.59 Å². The van der Waals surface area contributed by atoms with Crippen LogP contribution in [0, 0.1) is 5.92 Å². The summed E-state index contributed by atoms with van der Waals surface area (Å²) in [6.07, 6.45) is 1.31. The summed E-state index contributed by atoms with van der Waals surface area (Å²) in [5, 5.41) is 6.75. The zero-order valence-electron chi connectivity index (χ0n) is 13.9. The van der Waals surface area contributed by atoms with Crippen LogP contribution in [0.15, 0.2) is 48.5 Å². The second-order valence-corrected chi connectivity index (χ2v) is 6.84. The predicted octanol–water partition coefficient (Wildman–Crippen LogP) is 5.38. The minimum absolute atomic E-state index is 0.0873. The van der Waals surface area contributed by atoms with Crippen LogP contribution in [0.4, 0.5) is 11.4 Å². The average Bonchev–Trinajstić information content (AvgIpc) is 2.53. The molecule has 0 spiro atoms. The van der Waals surface area contributed by atoms with Gasteiger partial charge in [-0.2, -0.15) is 0 Å². The van der Waals surface area contributed by atoms with Crippen molar-refractivity contribution >= 4 is 46.4 Å². The van der Waals surface area contributed by atoms with Crippen molar-refractivity contribution in [2.45, 2.75) is 26.2 Å². The molecule has 2 N–H and O–H groups in total. The third-order valence-corrected chi connectivity index (χ3v) is 4.08. The Balaban J connectivity index is 1.73. The van der Waals surface area contributed by atoms with E-state index in [1.807, 2.05) is 6.92 Å². The molecule has 0 saturated heterocycles. The molecule has 0 aliphatic rings. The van der Waals surface area contributed by atoms with Crippen molar-refractivity contribution in [1.29, 1.82) is 0 Å².